The highest BCUT2D eigenvalue weighted by Gasteiger charge is 2.13. The lowest BCUT2D eigenvalue weighted by molar-refractivity contribution is 0.431. The number of benzene rings is 1. The van der Waals surface area contributed by atoms with Crippen molar-refractivity contribution in [3.05, 3.63) is 41.0 Å². The molecule has 6 heteroatoms. The quantitative estimate of drug-likeness (QED) is 0.661. The van der Waals surface area contributed by atoms with E-state index in [1.54, 1.807) is 6.07 Å². The zero-order chi connectivity index (χ0) is 13.3. The van der Waals surface area contributed by atoms with Gasteiger partial charge >= 0.3 is 0 Å². The molecule has 0 atom stereocenters. The monoisotopic (exact) mass is 265 g/mol. The molecule has 4 nitrogen and oxygen atoms in total. The van der Waals surface area contributed by atoms with Crippen LogP contribution in [0.25, 0.3) is 0 Å². The van der Waals surface area contributed by atoms with E-state index >= 15 is 0 Å². The van der Waals surface area contributed by atoms with Crippen LogP contribution >= 0.6 is 11.8 Å². The summed E-state index contributed by atoms with van der Waals surface area (Å²) in [5.74, 6) is 0.130. The molecule has 0 unspecified atom stereocenters. The second kappa shape index (κ2) is 4.81. The van der Waals surface area contributed by atoms with E-state index in [-0.39, 0.29) is 5.84 Å². The average Bonchev–Trinajstić information content (AvgIpc) is 2.60. The molecule has 0 amide bonds. The summed E-state index contributed by atoms with van der Waals surface area (Å²) in [6.45, 7) is 3.67. The van der Waals surface area contributed by atoms with Gasteiger partial charge in [0.15, 0.2) is 0 Å². The van der Waals surface area contributed by atoms with Crippen molar-refractivity contribution in [1.29, 1.82) is 5.41 Å². The van der Waals surface area contributed by atoms with Crippen LogP contribution in [0, 0.1) is 25.1 Å². The maximum atomic E-state index is 13.1. The Morgan fingerprint density at radius 3 is 2.72 bits per heavy atom. The van der Waals surface area contributed by atoms with Crippen LogP contribution in [0.3, 0.4) is 0 Å². The van der Waals surface area contributed by atoms with Gasteiger partial charge in [-0.3, -0.25) is 5.41 Å². The smallest absolute Gasteiger partial charge is 0.261 e. The van der Waals surface area contributed by atoms with Gasteiger partial charge in [-0.2, -0.15) is 0 Å². The summed E-state index contributed by atoms with van der Waals surface area (Å²) in [5, 5.41) is 7.89. The Hall–Kier alpha value is -1.82. The number of aryl methyl sites for hydroxylation is 2. The van der Waals surface area contributed by atoms with Gasteiger partial charge in [0.25, 0.3) is 5.22 Å². The lowest BCUT2D eigenvalue weighted by Gasteiger charge is -2.05. The minimum atomic E-state index is -0.427. The first kappa shape index (κ1) is 12.6. The molecule has 0 spiro atoms. The Balaban J connectivity index is 2.36. The Morgan fingerprint density at radius 1 is 1.44 bits per heavy atom. The highest BCUT2D eigenvalue weighted by molar-refractivity contribution is 7.99. The van der Waals surface area contributed by atoms with Crippen LogP contribution in [0.4, 0.5) is 4.39 Å². The van der Waals surface area contributed by atoms with Gasteiger partial charge in [-0.05, 0) is 43.8 Å². The summed E-state index contributed by atoms with van der Waals surface area (Å²) in [6, 6.07) is 4.11. The van der Waals surface area contributed by atoms with E-state index < -0.39 is 5.82 Å². The maximum absolute atomic E-state index is 13.1. The molecule has 1 aromatic heterocycles. The third-order valence-corrected chi connectivity index (χ3v) is 3.36. The van der Waals surface area contributed by atoms with E-state index in [1.807, 2.05) is 13.8 Å². The van der Waals surface area contributed by atoms with E-state index in [1.165, 1.54) is 23.9 Å². The summed E-state index contributed by atoms with van der Waals surface area (Å²) in [7, 11) is 0. The molecule has 0 radical (unpaired) electrons. The molecule has 0 aliphatic heterocycles. The topological polar surface area (TPSA) is 75.9 Å². The van der Waals surface area contributed by atoms with Gasteiger partial charge in [0.2, 0.25) is 0 Å². The first-order valence-corrected chi connectivity index (χ1v) is 6.05. The highest BCUT2D eigenvalue weighted by atomic mass is 32.2. The Bertz CT molecular complexity index is 590. The van der Waals surface area contributed by atoms with Crippen molar-refractivity contribution in [3.8, 4) is 0 Å². The van der Waals surface area contributed by atoms with E-state index in [4.69, 9.17) is 15.6 Å². The summed E-state index contributed by atoms with van der Waals surface area (Å²) in [6.07, 6.45) is 0. The molecule has 1 heterocycles. The van der Waals surface area contributed by atoms with Gasteiger partial charge in [-0.15, -0.1) is 0 Å². The van der Waals surface area contributed by atoms with Gasteiger partial charge in [0, 0.05) is 10.5 Å². The van der Waals surface area contributed by atoms with Gasteiger partial charge in [-0.1, -0.05) is 0 Å². The van der Waals surface area contributed by atoms with Crippen LogP contribution in [-0.4, -0.2) is 10.8 Å². The summed E-state index contributed by atoms with van der Waals surface area (Å²) >= 11 is 1.22. The van der Waals surface area contributed by atoms with Crippen molar-refractivity contribution in [1.82, 2.24) is 4.98 Å². The molecule has 0 saturated carbocycles. The normalized spacial score (nSPS) is 10.6. The molecule has 2 aromatic rings. The number of hydrogen-bond donors (Lipinski definition) is 2. The number of amidine groups is 1. The molecule has 0 bridgehead atoms. The van der Waals surface area contributed by atoms with Crippen LogP contribution in [0.1, 0.15) is 17.0 Å². The predicted octanol–water partition coefficient (Wildman–Crippen LogP) is 2.87. The third-order valence-electron chi connectivity index (χ3n) is 2.44. The van der Waals surface area contributed by atoms with E-state index in [9.17, 15) is 4.39 Å². The van der Waals surface area contributed by atoms with Gasteiger partial charge < -0.3 is 10.2 Å². The number of aromatic nitrogens is 1. The zero-order valence-corrected chi connectivity index (χ0v) is 10.8. The van der Waals surface area contributed by atoms with Gasteiger partial charge in [0.05, 0.1) is 5.69 Å². The number of nitrogens with two attached hydrogens (primary N) is 1. The zero-order valence-electron chi connectivity index (χ0n) is 9.95. The van der Waals surface area contributed by atoms with Crippen molar-refractivity contribution in [2.45, 2.75) is 24.0 Å². The van der Waals surface area contributed by atoms with Crippen LogP contribution in [0.5, 0.6) is 0 Å². The van der Waals surface area contributed by atoms with Crippen molar-refractivity contribution in [3.63, 3.8) is 0 Å². The molecule has 1 aromatic carbocycles. The largest absolute Gasteiger partial charge is 0.436 e. The molecule has 0 aliphatic rings. The van der Waals surface area contributed by atoms with E-state index in [0.717, 1.165) is 11.5 Å². The van der Waals surface area contributed by atoms with Crippen LogP contribution in [0.2, 0.25) is 0 Å². The van der Waals surface area contributed by atoms with Gasteiger partial charge in [-0.25, -0.2) is 9.37 Å². The third kappa shape index (κ3) is 2.53. The molecule has 2 rings (SSSR count). The molecule has 3 N–H and O–H groups in total. The average molecular weight is 265 g/mol. The highest BCUT2D eigenvalue weighted by Crippen LogP contribution is 2.31. The van der Waals surface area contributed by atoms with Crippen LogP contribution in [0.15, 0.2) is 32.7 Å². The number of nitrogens with one attached hydrogen (secondary N) is 1. The second-order valence-electron chi connectivity index (χ2n) is 3.78. The van der Waals surface area contributed by atoms with Crippen LogP contribution in [-0.2, 0) is 0 Å². The lowest BCUT2D eigenvalue weighted by Crippen LogP contribution is -2.12. The summed E-state index contributed by atoms with van der Waals surface area (Å²) in [5.41, 5.74) is 6.57. The van der Waals surface area contributed by atoms with Crippen LogP contribution < -0.4 is 5.73 Å². The molecule has 94 valence electrons. The standard InChI is InChI=1S/C12H12FN3OS/c1-6-7(2)17-12(16-6)18-10-4-3-8(13)5-9(10)11(14)15/h3-5H,1-2H3,(H3,14,15). The number of nitrogens with zero attached hydrogens (tertiary/aromatic N) is 1. The predicted molar refractivity (Wildman–Crippen MR) is 67.5 cm³/mol. The second-order valence-corrected chi connectivity index (χ2v) is 4.77. The van der Waals surface area contributed by atoms with Gasteiger partial charge in [0.1, 0.15) is 17.4 Å². The summed E-state index contributed by atoms with van der Waals surface area (Å²) < 4.78 is 18.5. The summed E-state index contributed by atoms with van der Waals surface area (Å²) in [4.78, 5) is 4.86. The Morgan fingerprint density at radius 2 is 2.17 bits per heavy atom. The number of hydrogen-bond acceptors (Lipinski definition) is 4. The Kier molecular flexibility index (Phi) is 3.38. The van der Waals surface area contributed by atoms with E-state index in [0.29, 0.717) is 15.7 Å². The van der Waals surface area contributed by atoms with Crippen molar-refractivity contribution in [2.75, 3.05) is 0 Å². The molecule has 0 aliphatic carbocycles. The minimum absolute atomic E-state index is 0.183. The van der Waals surface area contributed by atoms with E-state index in [2.05, 4.69) is 4.98 Å². The fourth-order valence-corrected chi connectivity index (χ4v) is 2.33. The van der Waals surface area contributed by atoms with Crippen molar-refractivity contribution < 1.29 is 8.81 Å². The molecule has 18 heavy (non-hydrogen) atoms. The first-order valence-electron chi connectivity index (χ1n) is 5.23. The molecule has 0 fully saturated rings. The maximum Gasteiger partial charge on any atom is 0.261 e. The lowest BCUT2D eigenvalue weighted by atomic mass is 10.2. The van der Waals surface area contributed by atoms with Crippen molar-refractivity contribution >= 4 is 17.6 Å². The fraction of sp³-hybridized carbons (Fsp3) is 0.167. The Labute approximate surface area is 108 Å². The number of rotatable bonds is 3. The minimum Gasteiger partial charge on any atom is -0.436 e. The van der Waals surface area contributed by atoms with Crippen molar-refractivity contribution in [2.24, 2.45) is 5.73 Å². The molecule has 0 saturated heterocycles. The SMILES string of the molecule is Cc1nc(Sc2ccc(F)cc2C(=N)N)oc1C. The number of nitrogen functional groups attached to an aromatic ring is 1. The molecular formula is C12H12FN3OS. The number of halogens is 1. The number of oxazole rings is 1. The first-order chi connectivity index (χ1) is 8.47. The fourth-order valence-electron chi connectivity index (χ4n) is 1.38. The molecular weight excluding hydrogens is 253 g/mol.